The van der Waals surface area contributed by atoms with E-state index in [0.717, 1.165) is 13.2 Å². The van der Waals surface area contributed by atoms with Gasteiger partial charge in [-0.15, -0.1) is 0 Å². The molecule has 0 spiro atoms. The van der Waals surface area contributed by atoms with Gasteiger partial charge in [0.15, 0.2) is 0 Å². The topological polar surface area (TPSA) is 24.9 Å². The van der Waals surface area contributed by atoms with Crippen LogP contribution in [0.3, 0.4) is 0 Å². The molecule has 5 heteroatoms. The van der Waals surface area contributed by atoms with E-state index in [0.29, 0.717) is 0 Å². The van der Waals surface area contributed by atoms with Gasteiger partial charge in [0.05, 0.1) is 9.52 Å². The second-order valence-corrected chi connectivity index (χ2v) is 6.93. The van der Waals surface area contributed by atoms with Gasteiger partial charge in [-0.25, -0.2) is 0 Å². The highest BCUT2D eigenvalue weighted by molar-refractivity contribution is 6.36. The van der Waals surface area contributed by atoms with Crippen LogP contribution in [-0.2, 0) is 9.47 Å². The lowest BCUT2D eigenvalue weighted by Crippen LogP contribution is -2.44. The summed E-state index contributed by atoms with van der Waals surface area (Å²) >= 11 is 0. The van der Waals surface area contributed by atoms with Crippen molar-refractivity contribution < 1.29 is 9.47 Å². The lowest BCUT2D eigenvalue weighted by molar-refractivity contribution is -0.0828. The second-order valence-electron chi connectivity index (χ2n) is 4.98. The molecule has 0 N–H and O–H groups in total. The van der Waals surface area contributed by atoms with Gasteiger partial charge in [-0.05, 0) is 33.9 Å². The molecule has 1 fully saturated rings. The molecule has 0 aliphatic carbocycles. The molecule has 18 heavy (non-hydrogen) atoms. The quantitative estimate of drug-likeness (QED) is 0.349. The van der Waals surface area contributed by atoms with E-state index >= 15 is 0 Å². The van der Waals surface area contributed by atoms with E-state index in [1.54, 1.807) is 0 Å². The van der Waals surface area contributed by atoms with Crippen molar-refractivity contribution in [2.24, 2.45) is 0 Å². The zero-order valence-electron chi connectivity index (χ0n) is 12.4. The Bertz CT molecular complexity index is 193. The fourth-order valence-corrected chi connectivity index (χ4v) is 3.95. The second kappa shape index (κ2) is 9.92. The van der Waals surface area contributed by atoms with Crippen molar-refractivity contribution in [1.29, 1.82) is 0 Å². The standard InChI is InChI=1S/C13H30N2O2Si/c1-4-16-13(17-5-2)18-12-6-7-15-10-8-14(3)9-11-15/h13H,4-12,18H2,1-3H3. The first-order chi connectivity index (χ1) is 8.76. The van der Waals surface area contributed by atoms with Gasteiger partial charge in [-0.2, -0.15) is 0 Å². The Morgan fingerprint density at radius 2 is 1.67 bits per heavy atom. The molecule has 0 radical (unpaired) electrons. The minimum absolute atomic E-state index is 0.146. The summed E-state index contributed by atoms with van der Waals surface area (Å²) in [5.74, 6) is 0.146. The SMILES string of the molecule is CCOC(OCC)[SiH2]CCCN1CCN(C)CC1. The number of likely N-dealkylation sites (N-methyl/N-ethyl adjacent to an activating group) is 1. The highest BCUT2D eigenvalue weighted by Gasteiger charge is 2.13. The van der Waals surface area contributed by atoms with Crippen molar-refractivity contribution in [2.45, 2.75) is 32.2 Å². The van der Waals surface area contributed by atoms with Crippen LogP contribution in [0.5, 0.6) is 0 Å². The Kier molecular flexibility index (Phi) is 8.88. The van der Waals surface area contributed by atoms with Crippen molar-refractivity contribution in [3.05, 3.63) is 0 Å². The Balaban J connectivity index is 2.02. The summed E-state index contributed by atoms with van der Waals surface area (Å²) < 4.78 is 11.2. The summed E-state index contributed by atoms with van der Waals surface area (Å²) in [6, 6.07) is 1.33. The maximum absolute atomic E-state index is 5.61. The van der Waals surface area contributed by atoms with Crippen molar-refractivity contribution in [3.8, 4) is 0 Å². The molecule has 1 aliphatic heterocycles. The molecule has 4 nitrogen and oxygen atoms in total. The third-order valence-electron chi connectivity index (χ3n) is 3.47. The summed E-state index contributed by atoms with van der Waals surface area (Å²) in [7, 11) is 1.97. The summed E-state index contributed by atoms with van der Waals surface area (Å²) in [6.07, 6.45) is 1.31. The minimum atomic E-state index is -0.235. The fraction of sp³-hybridized carbons (Fsp3) is 1.00. The Morgan fingerprint density at radius 3 is 2.22 bits per heavy atom. The maximum atomic E-state index is 5.61. The molecule has 108 valence electrons. The molecule has 0 saturated carbocycles. The summed E-state index contributed by atoms with van der Waals surface area (Å²) in [6.45, 7) is 11.8. The number of nitrogens with zero attached hydrogens (tertiary/aromatic N) is 2. The van der Waals surface area contributed by atoms with Crippen LogP contribution in [0.2, 0.25) is 6.04 Å². The molecule has 0 bridgehead atoms. The predicted octanol–water partition coefficient (Wildman–Crippen LogP) is 0.568. The van der Waals surface area contributed by atoms with E-state index in [9.17, 15) is 0 Å². The molecule has 0 amide bonds. The number of hydrogen-bond donors (Lipinski definition) is 0. The monoisotopic (exact) mass is 274 g/mol. The van der Waals surface area contributed by atoms with E-state index in [-0.39, 0.29) is 15.4 Å². The number of hydrogen-bond acceptors (Lipinski definition) is 4. The van der Waals surface area contributed by atoms with Crippen molar-refractivity contribution in [1.82, 2.24) is 9.80 Å². The zero-order chi connectivity index (χ0) is 13.2. The molecule has 0 aromatic heterocycles. The van der Waals surface area contributed by atoms with Gasteiger partial charge in [-0.3, -0.25) is 0 Å². The van der Waals surface area contributed by atoms with Crippen molar-refractivity contribution >= 4 is 9.52 Å². The van der Waals surface area contributed by atoms with Gasteiger partial charge in [-0.1, -0.05) is 6.04 Å². The first-order valence-electron chi connectivity index (χ1n) is 7.40. The van der Waals surface area contributed by atoms with Crippen molar-refractivity contribution in [2.75, 3.05) is 53.0 Å². The van der Waals surface area contributed by atoms with E-state index in [2.05, 4.69) is 16.8 Å². The third kappa shape index (κ3) is 6.85. The number of ether oxygens (including phenoxy) is 2. The first kappa shape index (κ1) is 16.1. The van der Waals surface area contributed by atoms with E-state index in [1.165, 1.54) is 45.2 Å². The summed E-state index contributed by atoms with van der Waals surface area (Å²) in [4.78, 5) is 5.00. The average Bonchev–Trinajstić information content (AvgIpc) is 2.37. The Hall–Kier alpha value is 0.0569. The predicted molar refractivity (Wildman–Crippen MR) is 78.9 cm³/mol. The van der Waals surface area contributed by atoms with E-state index in [1.807, 2.05) is 13.8 Å². The Labute approximate surface area is 114 Å². The van der Waals surface area contributed by atoms with Crippen LogP contribution in [-0.4, -0.2) is 78.2 Å². The van der Waals surface area contributed by atoms with Crippen LogP contribution in [0.1, 0.15) is 20.3 Å². The zero-order valence-corrected chi connectivity index (χ0v) is 13.8. The smallest absolute Gasteiger partial charge is 0.134 e. The van der Waals surface area contributed by atoms with Crippen molar-refractivity contribution in [3.63, 3.8) is 0 Å². The van der Waals surface area contributed by atoms with E-state index < -0.39 is 0 Å². The van der Waals surface area contributed by atoms with Crippen LogP contribution in [0.15, 0.2) is 0 Å². The van der Waals surface area contributed by atoms with Gasteiger partial charge in [0.25, 0.3) is 0 Å². The molecule has 1 saturated heterocycles. The van der Waals surface area contributed by atoms with Crippen LogP contribution in [0, 0.1) is 0 Å². The summed E-state index contributed by atoms with van der Waals surface area (Å²) in [5, 5.41) is 0. The first-order valence-corrected chi connectivity index (χ1v) is 9.22. The molecule has 0 aromatic carbocycles. The third-order valence-corrected chi connectivity index (χ3v) is 5.32. The Morgan fingerprint density at radius 1 is 1.06 bits per heavy atom. The van der Waals surface area contributed by atoms with Gasteiger partial charge in [0.2, 0.25) is 0 Å². The molecule has 1 rings (SSSR count). The highest BCUT2D eigenvalue weighted by Crippen LogP contribution is 2.04. The lowest BCUT2D eigenvalue weighted by Gasteiger charge is -2.32. The van der Waals surface area contributed by atoms with Crippen LogP contribution >= 0.6 is 0 Å². The normalized spacial score (nSPS) is 19.3. The number of piperazine rings is 1. The molecule has 0 unspecified atom stereocenters. The lowest BCUT2D eigenvalue weighted by atomic mass is 10.3. The minimum Gasteiger partial charge on any atom is -0.357 e. The highest BCUT2D eigenvalue weighted by atomic mass is 28.2. The van der Waals surface area contributed by atoms with Crippen LogP contribution in [0.25, 0.3) is 0 Å². The average molecular weight is 274 g/mol. The van der Waals surface area contributed by atoms with Crippen LogP contribution < -0.4 is 0 Å². The fourth-order valence-electron chi connectivity index (χ4n) is 2.30. The number of rotatable bonds is 9. The maximum Gasteiger partial charge on any atom is 0.134 e. The molecular formula is C13H30N2O2Si. The van der Waals surface area contributed by atoms with Gasteiger partial charge in [0.1, 0.15) is 5.91 Å². The van der Waals surface area contributed by atoms with Crippen LogP contribution in [0.4, 0.5) is 0 Å². The van der Waals surface area contributed by atoms with Gasteiger partial charge in [0, 0.05) is 39.4 Å². The molecule has 0 aromatic rings. The molecule has 0 atom stereocenters. The van der Waals surface area contributed by atoms with Gasteiger partial charge < -0.3 is 19.3 Å². The molecular weight excluding hydrogens is 244 g/mol. The molecule has 1 heterocycles. The van der Waals surface area contributed by atoms with Gasteiger partial charge >= 0.3 is 0 Å². The summed E-state index contributed by atoms with van der Waals surface area (Å²) in [5.41, 5.74) is 0. The molecule has 1 aliphatic rings. The van der Waals surface area contributed by atoms with E-state index in [4.69, 9.17) is 9.47 Å². The largest absolute Gasteiger partial charge is 0.357 e.